The molecule has 0 N–H and O–H groups in total. The second-order valence-corrected chi connectivity index (χ2v) is 4.97. The Morgan fingerprint density at radius 2 is 1.83 bits per heavy atom. The number of hydrogen-bond donors (Lipinski definition) is 0. The number of hydrogen-bond acceptors (Lipinski definition) is 1. The summed E-state index contributed by atoms with van der Waals surface area (Å²) in [6.07, 6.45) is 20.1. The van der Waals surface area contributed by atoms with Crippen LogP contribution in [0.2, 0.25) is 0 Å². The first-order valence-electron chi connectivity index (χ1n) is 6.24. The summed E-state index contributed by atoms with van der Waals surface area (Å²) in [6, 6.07) is 0. The Morgan fingerprint density at radius 3 is 2.72 bits per heavy atom. The Bertz CT molecular complexity index is 660. The molecule has 4 aliphatic carbocycles. The Balaban J connectivity index is 2.00. The van der Waals surface area contributed by atoms with Gasteiger partial charge in [0, 0.05) is 5.92 Å². The first kappa shape index (κ1) is 9.84. The molecule has 0 spiro atoms. The largest absolute Gasteiger partial charge is 0.302 e. The van der Waals surface area contributed by atoms with Crippen molar-refractivity contribution in [1.29, 1.82) is 0 Å². The molecular formula is C17H12O. The van der Waals surface area contributed by atoms with Gasteiger partial charge in [0.15, 0.2) is 0 Å². The van der Waals surface area contributed by atoms with E-state index in [0.29, 0.717) is 5.92 Å². The van der Waals surface area contributed by atoms with Crippen LogP contribution >= 0.6 is 0 Å². The van der Waals surface area contributed by atoms with Gasteiger partial charge < -0.3 is 4.79 Å². The van der Waals surface area contributed by atoms with E-state index in [4.69, 9.17) is 0 Å². The molecule has 2 atom stereocenters. The van der Waals surface area contributed by atoms with E-state index in [2.05, 4.69) is 48.6 Å². The lowest BCUT2D eigenvalue weighted by molar-refractivity contribution is -0.109. The first-order chi connectivity index (χ1) is 8.88. The zero-order valence-electron chi connectivity index (χ0n) is 9.84. The summed E-state index contributed by atoms with van der Waals surface area (Å²) >= 11 is 0. The van der Waals surface area contributed by atoms with E-state index in [1.54, 1.807) is 0 Å². The van der Waals surface area contributed by atoms with Crippen molar-refractivity contribution >= 4 is 6.29 Å². The summed E-state index contributed by atoms with van der Waals surface area (Å²) in [4.78, 5) is 11.2. The number of aldehydes is 1. The van der Waals surface area contributed by atoms with Gasteiger partial charge in [0.05, 0.1) is 5.92 Å². The SMILES string of the molecule is O=CC1C=CC2=C3C1=CC=C1C=CC=C(C=C2)C13. The highest BCUT2D eigenvalue weighted by atomic mass is 16.1. The van der Waals surface area contributed by atoms with Gasteiger partial charge in [-0.3, -0.25) is 0 Å². The van der Waals surface area contributed by atoms with Crippen molar-refractivity contribution in [2.75, 3.05) is 0 Å². The van der Waals surface area contributed by atoms with Gasteiger partial charge in [0.2, 0.25) is 0 Å². The zero-order chi connectivity index (χ0) is 12.1. The normalized spacial score (nSPS) is 30.6. The molecule has 2 unspecified atom stereocenters. The molecule has 4 aliphatic rings. The third-order valence-electron chi connectivity index (χ3n) is 4.05. The molecule has 0 bridgehead atoms. The Morgan fingerprint density at radius 1 is 0.944 bits per heavy atom. The van der Waals surface area contributed by atoms with Crippen molar-refractivity contribution in [3.8, 4) is 0 Å². The topological polar surface area (TPSA) is 17.1 Å². The highest BCUT2D eigenvalue weighted by molar-refractivity contribution is 5.75. The standard InChI is InChI=1S/C17H12O/c18-10-14-7-6-13-5-4-11-2-1-3-12-8-9-15(14)17(13)16(11)12/h1-10,14,16H. The fourth-order valence-electron chi connectivity index (χ4n) is 3.21. The van der Waals surface area contributed by atoms with E-state index in [9.17, 15) is 4.79 Å². The molecule has 4 rings (SSSR count). The van der Waals surface area contributed by atoms with E-state index in [1.807, 2.05) is 6.08 Å². The quantitative estimate of drug-likeness (QED) is 0.634. The lowest BCUT2D eigenvalue weighted by Crippen LogP contribution is -2.24. The molecule has 18 heavy (non-hydrogen) atoms. The number of rotatable bonds is 1. The Labute approximate surface area is 106 Å². The maximum Gasteiger partial charge on any atom is 0.131 e. The first-order valence-corrected chi connectivity index (χ1v) is 6.24. The van der Waals surface area contributed by atoms with Gasteiger partial charge >= 0.3 is 0 Å². The smallest absolute Gasteiger partial charge is 0.131 e. The van der Waals surface area contributed by atoms with Crippen LogP contribution in [0.4, 0.5) is 0 Å². The van der Waals surface area contributed by atoms with E-state index in [1.165, 1.54) is 27.9 Å². The third-order valence-corrected chi connectivity index (χ3v) is 4.05. The second-order valence-electron chi connectivity index (χ2n) is 4.97. The molecule has 0 radical (unpaired) electrons. The third kappa shape index (κ3) is 1.14. The molecular weight excluding hydrogens is 220 g/mol. The van der Waals surface area contributed by atoms with Crippen molar-refractivity contribution in [1.82, 2.24) is 0 Å². The van der Waals surface area contributed by atoms with Crippen molar-refractivity contribution < 1.29 is 4.79 Å². The highest BCUT2D eigenvalue weighted by Crippen LogP contribution is 2.47. The monoisotopic (exact) mass is 232 g/mol. The minimum absolute atomic E-state index is 0.0831. The maximum atomic E-state index is 11.2. The van der Waals surface area contributed by atoms with Crippen LogP contribution in [0, 0.1) is 11.8 Å². The number of allylic oxidation sites excluding steroid dienone is 14. The van der Waals surface area contributed by atoms with Crippen LogP contribution in [-0.4, -0.2) is 6.29 Å². The van der Waals surface area contributed by atoms with E-state index < -0.39 is 0 Å². The molecule has 0 saturated carbocycles. The van der Waals surface area contributed by atoms with Crippen LogP contribution in [0.25, 0.3) is 0 Å². The fraction of sp³-hybridized carbons (Fsp3) is 0.118. The summed E-state index contributed by atoms with van der Waals surface area (Å²) in [7, 11) is 0. The van der Waals surface area contributed by atoms with Gasteiger partial charge in [0.1, 0.15) is 6.29 Å². The molecule has 0 amide bonds. The van der Waals surface area contributed by atoms with Gasteiger partial charge in [0.25, 0.3) is 0 Å². The van der Waals surface area contributed by atoms with Crippen LogP contribution in [0.3, 0.4) is 0 Å². The summed E-state index contributed by atoms with van der Waals surface area (Å²) in [6.45, 7) is 0. The van der Waals surface area contributed by atoms with Crippen LogP contribution in [-0.2, 0) is 4.79 Å². The number of carbonyl (C=O) groups excluding carboxylic acids is 1. The lowest BCUT2D eigenvalue weighted by atomic mass is 9.67. The summed E-state index contributed by atoms with van der Waals surface area (Å²) in [5, 5.41) is 0. The van der Waals surface area contributed by atoms with Crippen molar-refractivity contribution in [3.05, 3.63) is 82.5 Å². The Kier molecular flexibility index (Phi) is 1.87. The van der Waals surface area contributed by atoms with Gasteiger partial charge in [-0.2, -0.15) is 0 Å². The summed E-state index contributed by atoms with van der Waals surface area (Å²) in [5.41, 5.74) is 6.40. The molecule has 0 fully saturated rings. The van der Waals surface area contributed by atoms with E-state index in [-0.39, 0.29) is 5.92 Å². The average molecular weight is 232 g/mol. The van der Waals surface area contributed by atoms with Crippen molar-refractivity contribution in [2.24, 2.45) is 11.8 Å². The zero-order valence-corrected chi connectivity index (χ0v) is 9.84. The minimum Gasteiger partial charge on any atom is -0.302 e. The second kappa shape index (κ2) is 3.42. The molecule has 0 saturated heterocycles. The molecule has 0 aromatic rings. The maximum absolute atomic E-state index is 11.2. The molecule has 86 valence electrons. The number of carbonyl (C=O) groups is 1. The highest BCUT2D eigenvalue weighted by Gasteiger charge is 2.34. The van der Waals surface area contributed by atoms with Gasteiger partial charge in [-0.05, 0) is 27.9 Å². The van der Waals surface area contributed by atoms with Crippen molar-refractivity contribution in [2.45, 2.75) is 0 Å². The predicted octanol–water partition coefficient (Wildman–Crippen LogP) is 3.22. The van der Waals surface area contributed by atoms with Gasteiger partial charge in [-0.15, -0.1) is 0 Å². The predicted molar refractivity (Wildman–Crippen MR) is 71.7 cm³/mol. The molecule has 1 nitrogen and oxygen atoms in total. The minimum atomic E-state index is -0.0831. The lowest BCUT2D eigenvalue weighted by Gasteiger charge is -2.36. The average Bonchev–Trinajstić information content (AvgIpc) is 2.44. The summed E-state index contributed by atoms with van der Waals surface area (Å²) < 4.78 is 0. The molecule has 1 heteroatoms. The van der Waals surface area contributed by atoms with Gasteiger partial charge in [-0.1, -0.05) is 54.7 Å². The fourth-order valence-corrected chi connectivity index (χ4v) is 3.21. The van der Waals surface area contributed by atoms with Crippen LogP contribution in [0.15, 0.2) is 82.5 Å². The van der Waals surface area contributed by atoms with Crippen LogP contribution in [0.5, 0.6) is 0 Å². The van der Waals surface area contributed by atoms with Crippen LogP contribution < -0.4 is 0 Å². The molecule has 0 aromatic carbocycles. The van der Waals surface area contributed by atoms with Crippen molar-refractivity contribution in [3.63, 3.8) is 0 Å². The molecule has 0 heterocycles. The van der Waals surface area contributed by atoms with Crippen LogP contribution in [0.1, 0.15) is 0 Å². The molecule has 0 aromatic heterocycles. The van der Waals surface area contributed by atoms with E-state index >= 15 is 0 Å². The summed E-state index contributed by atoms with van der Waals surface area (Å²) in [5.74, 6) is 0.252. The van der Waals surface area contributed by atoms with E-state index in [0.717, 1.165) is 6.29 Å². The Hall–Kier alpha value is -2.15. The molecule has 0 aliphatic heterocycles. The van der Waals surface area contributed by atoms with Gasteiger partial charge in [-0.25, -0.2) is 0 Å².